The second kappa shape index (κ2) is 5.53. The third kappa shape index (κ3) is 3.33. The van der Waals surface area contributed by atoms with Crippen LogP contribution in [-0.4, -0.2) is 18.1 Å². The Hall–Kier alpha value is -1.35. The largest absolute Gasteiger partial charge is 0.459 e. The van der Waals surface area contributed by atoms with Crippen molar-refractivity contribution in [3.05, 3.63) is 35.9 Å². The van der Waals surface area contributed by atoms with Crippen molar-refractivity contribution in [3.8, 4) is 0 Å². The zero-order valence-electron chi connectivity index (χ0n) is 11.1. The quantitative estimate of drug-likeness (QED) is 0.785. The minimum Gasteiger partial charge on any atom is -0.459 e. The highest BCUT2D eigenvalue weighted by Crippen LogP contribution is 2.36. The second-order valence-corrected chi connectivity index (χ2v) is 5.42. The maximum atomic E-state index is 12.0. The highest BCUT2D eigenvalue weighted by atomic mass is 16.5. The van der Waals surface area contributed by atoms with Gasteiger partial charge in [0.25, 0.3) is 0 Å². The van der Waals surface area contributed by atoms with Gasteiger partial charge in [0.1, 0.15) is 12.1 Å². The van der Waals surface area contributed by atoms with Crippen molar-refractivity contribution in [2.24, 2.45) is 5.92 Å². The van der Waals surface area contributed by atoms with E-state index in [1.807, 2.05) is 30.3 Å². The molecular weight excluding hydrogens is 226 g/mol. The van der Waals surface area contributed by atoms with E-state index in [4.69, 9.17) is 4.74 Å². The molecule has 3 heteroatoms. The molecule has 98 valence electrons. The minimum atomic E-state index is -0.390. The van der Waals surface area contributed by atoms with Crippen LogP contribution in [0.1, 0.15) is 32.3 Å². The monoisotopic (exact) mass is 247 g/mol. The Bertz CT molecular complexity index is 396. The van der Waals surface area contributed by atoms with Crippen LogP contribution in [0.4, 0.5) is 0 Å². The predicted molar refractivity (Wildman–Crippen MR) is 71.0 cm³/mol. The van der Waals surface area contributed by atoms with Crippen LogP contribution >= 0.6 is 0 Å². The highest BCUT2D eigenvalue weighted by molar-refractivity contribution is 5.84. The van der Waals surface area contributed by atoms with Gasteiger partial charge in [-0.3, -0.25) is 4.79 Å². The molecule has 1 aromatic carbocycles. The number of benzene rings is 1. The summed E-state index contributed by atoms with van der Waals surface area (Å²) in [6, 6.07) is 9.79. The molecule has 0 saturated heterocycles. The molecule has 0 unspecified atom stereocenters. The van der Waals surface area contributed by atoms with Gasteiger partial charge in [-0.2, -0.15) is 0 Å². The molecule has 1 N–H and O–H groups in total. The molecule has 0 aliphatic heterocycles. The van der Waals surface area contributed by atoms with E-state index in [0.717, 1.165) is 24.9 Å². The van der Waals surface area contributed by atoms with Crippen LogP contribution in [0.5, 0.6) is 0 Å². The van der Waals surface area contributed by atoms with Gasteiger partial charge in [0, 0.05) is 0 Å². The van der Waals surface area contributed by atoms with Gasteiger partial charge < -0.3 is 10.1 Å². The van der Waals surface area contributed by atoms with E-state index >= 15 is 0 Å². The van der Waals surface area contributed by atoms with Gasteiger partial charge >= 0.3 is 5.97 Å². The fourth-order valence-electron chi connectivity index (χ4n) is 1.84. The Morgan fingerprint density at radius 3 is 2.56 bits per heavy atom. The van der Waals surface area contributed by atoms with Gasteiger partial charge in [-0.1, -0.05) is 44.2 Å². The van der Waals surface area contributed by atoms with Gasteiger partial charge in [0.05, 0.1) is 0 Å². The molecule has 1 aliphatic carbocycles. The van der Waals surface area contributed by atoms with Crippen LogP contribution in [0.15, 0.2) is 30.3 Å². The molecule has 0 aromatic heterocycles. The van der Waals surface area contributed by atoms with E-state index in [-0.39, 0.29) is 11.5 Å². The van der Waals surface area contributed by atoms with Crippen molar-refractivity contribution in [2.45, 2.75) is 38.8 Å². The smallest absolute Gasteiger partial charge is 0.326 e. The molecule has 0 amide bonds. The van der Waals surface area contributed by atoms with Crippen LogP contribution in [0.2, 0.25) is 0 Å². The van der Waals surface area contributed by atoms with Crippen LogP contribution < -0.4 is 5.32 Å². The number of hydrogen-bond donors (Lipinski definition) is 1. The molecule has 2 rings (SSSR count). The highest BCUT2D eigenvalue weighted by Gasteiger charge is 2.51. The third-order valence-corrected chi connectivity index (χ3v) is 3.20. The van der Waals surface area contributed by atoms with Crippen LogP contribution in [0.3, 0.4) is 0 Å². The standard InChI is InChI=1S/C15H21NO2/c1-12(2)10-16-15(8-9-15)14(17)18-11-13-6-4-3-5-7-13/h3-7,12,16H,8-11H2,1-2H3. The number of carbonyl (C=O) groups excluding carboxylic acids is 1. The fraction of sp³-hybridized carbons (Fsp3) is 0.533. The van der Waals surface area contributed by atoms with Crippen molar-refractivity contribution in [2.75, 3.05) is 6.54 Å². The van der Waals surface area contributed by atoms with Gasteiger partial charge in [-0.15, -0.1) is 0 Å². The Balaban J connectivity index is 1.81. The summed E-state index contributed by atoms with van der Waals surface area (Å²) in [7, 11) is 0. The molecule has 0 heterocycles. The summed E-state index contributed by atoms with van der Waals surface area (Å²) in [6.45, 7) is 5.50. The van der Waals surface area contributed by atoms with Crippen LogP contribution in [0, 0.1) is 5.92 Å². The minimum absolute atomic E-state index is 0.105. The lowest BCUT2D eigenvalue weighted by Crippen LogP contribution is -2.42. The Kier molecular flexibility index (Phi) is 4.02. The number of hydrogen-bond acceptors (Lipinski definition) is 3. The van der Waals surface area contributed by atoms with Gasteiger partial charge in [-0.25, -0.2) is 0 Å². The molecule has 0 radical (unpaired) electrons. The summed E-state index contributed by atoms with van der Waals surface area (Å²) in [5, 5.41) is 3.33. The first kappa shape index (κ1) is 13.1. The number of rotatable bonds is 6. The van der Waals surface area contributed by atoms with E-state index < -0.39 is 0 Å². The van der Waals surface area contributed by atoms with Crippen LogP contribution in [-0.2, 0) is 16.1 Å². The van der Waals surface area contributed by atoms with E-state index in [1.54, 1.807) is 0 Å². The SMILES string of the molecule is CC(C)CNC1(C(=O)OCc2ccccc2)CC1. The maximum Gasteiger partial charge on any atom is 0.326 e. The first-order chi connectivity index (χ1) is 8.62. The summed E-state index contributed by atoms with van der Waals surface area (Å²) >= 11 is 0. The summed E-state index contributed by atoms with van der Waals surface area (Å²) in [4.78, 5) is 12.0. The first-order valence-electron chi connectivity index (χ1n) is 6.58. The lowest BCUT2D eigenvalue weighted by Gasteiger charge is -2.17. The van der Waals surface area contributed by atoms with Gasteiger partial charge in [0.2, 0.25) is 0 Å². The van der Waals surface area contributed by atoms with Crippen LogP contribution in [0.25, 0.3) is 0 Å². The molecule has 0 spiro atoms. The van der Waals surface area contributed by atoms with Crippen molar-refractivity contribution in [3.63, 3.8) is 0 Å². The number of ether oxygens (including phenoxy) is 1. The van der Waals surface area contributed by atoms with Crippen molar-refractivity contribution in [1.29, 1.82) is 0 Å². The van der Waals surface area contributed by atoms with E-state index in [0.29, 0.717) is 12.5 Å². The molecule has 1 fully saturated rings. The van der Waals surface area contributed by atoms with Gasteiger partial charge in [-0.05, 0) is 30.9 Å². The number of esters is 1. The third-order valence-electron chi connectivity index (χ3n) is 3.20. The molecule has 1 aliphatic rings. The van der Waals surface area contributed by atoms with E-state index in [2.05, 4.69) is 19.2 Å². The zero-order valence-corrected chi connectivity index (χ0v) is 11.1. The van der Waals surface area contributed by atoms with Gasteiger partial charge in [0.15, 0.2) is 0 Å². The Morgan fingerprint density at radius 2 is 2.00 bits per heavy atom. The summed E-state index contributed by atoms with van der Waals surface area (Å²) in [5.41, 5.74) is 0.643. The summed E-state index contributed by atoms with van der Waals surface area (Å²) in [5.74, 6) is 0.441. The van der Waals surface area contributed by atoms with Crippen molar-refractivity contribution in [1.82, 2.24) is 5.32 Å². The molecule has 0 atom stereocenters. The lowest BCUT2D eigenvalue weighted by molar-refractivity contribution is -0.148. The predicted octanol–water partition coefficient (Wildman–Crippen LogP) is 2.51. The van der Waals surface area contributed by atoms with Crippen molar-refractivity contribution >= 4 is 5.97 Å². The topological polar surface area (TPSA) is 38.3 Å². The second-order valence-electron chi connectivity index (χ2n) is 5.42. The average molecular weight is 247 g/mol. The molecule has 18 heavy (non-hydrogen) atoms. The maximum absolute atomic E-state index is 12.0. The average Bonchev–Trinajstić information content (AvgIpc) is 3.16. The molecule has 0 bridgehead atoms. The fourth-order valence-corrected chi connectivity index (χ4v) is 1.84. The molecule has 1 aromatic rings. The number of carbonyl (C=O) groups is 1. The lowest BCUT2D eigenvalue weighted by atomic mass is 10.2. The summed E-state index contributed by atoms with van der Waals surface area (Å²) in [6.07, 6.45) is 1.79. The van der Waals surface area contributed by atoms with Crippen molar-refractivity contribution < 1.29 is 9.53 Å². The van der Waals surface area contributed by atoms with E-state index in [9.17, 15) is 4.79 Å². The van der Waals surface area contributed by atoms with E-state index in [1.165, 1.54) is 0 Å². The normalized spacial score (nSPS) is 16.6. The molecule has 1 saturated carbocycles. The Morgan fingerprint density at radius 1 is 1.33 bits per heavy atom. The number of nitrogens with one attached hydrogen (secondary N) is 1. The summed E-state index contributed by atoms with van der Waals surface area (Å²) < 4.78 is 5.39. The zero-order chi connectivity index (χ0) is 13.0. The first-order valence-corrected chi connectivity index (χ1v) is 6.58. The Labute approximate surface area is 109 Å². The molecular formula is C15H21NO2. The molecule has 3 nitrogen and oxygen atoms in total.